The predicted octanol–water partition coefficient (Wildman–Crippen LogP) is 0.168. The Balaban J connectivity index is 2.62. The maximum absolute atomic E-state index is 4.91. The van der Waals surface area contributed by atoms with Crippen LogP contribution in [0.5, 0.6) is 0 Å². The number of methoxy groups -OCH3 is 2. The minimum Gasteiger partial charge on any atom is -0.339 e. The van der Waals surface area contributed by atoms with Crippen LogP contribution in [0, 0.1) is 6.92 Å². The van der Waals surface area contributed by atoms with Gasteiger partial charge in [0.2, 0.25) is 12.4 Å². The number of aryl methyl sites for hydroxylation is 1. The van der Waals surface area contributed by atoms with Crippen molar-refractivity contribution in [1.82, 2.24) is 15.0 Å². The first kappa shape index (κ1) is 9.82. The van der Waals surface area contributed by atoms with Crippen LogP contribution in [0.25, 0.3) is 0 Å². The van der Waals surface area contributed by atoms with E-state index in [0.29, 0.717) is 11.8 Å². The van der Waals surface area contributed by atoms with Crippen LogP contribution in [0.3, 0.4) is 0 Å². The van der Waals surface area contributed by atoms with Crippen molar-refractivity contribution in [2.45, 2.75) is 13.3 Å². The van der Waals surface area contributed by atoms with Gasteiger partial charge in [-0.05, 0) is 6.92 Å². The number of rotatable bonds is 4. The van der Waals surface area contributed by atoms with E-state index in [1.807, 2.05) is 0 Å². The smallest absolute Gasteiger partial charge is 0.239 e. The van der Waals surface area contributed by atoms with Crippen molar-refractivity contribution < 1.29 is 9.47 Å². The van der Waals surface area contributed by atoms with Crippen molar-refractivity contribution in [3.8, 4) is 0 Å². The second kappa shape index (κ2) is 4.68. The van der Waals surface area contributed by atoms with E-state index in [9.17, 15) is 0 Å². The quantitative estimate of drug-likeness (QED) is 0.672. The molecule has 0 aromatic carbocycles. The third kappa shape index (κ3) is 2.92. The first-order chi connectivity index (χ1) is 6.26. The Morgan fingerprint density at radius 2 is 2.00 bits per heavy atom. The summed E-state index contributed by atoms with van der Waals surface area (Å²) in [6, 6.07) is 0. The Morgan fingerprint density at radius 3 is 2.54 bits per heavy atom. The van der Waals surface area contributed by atoms with E-state index >= 15 is 0 Å². The van der Waals surface area contributed by atoms with Crippen molar-refractivity contribution in [2.75, 3.05) is 19.5 Å². The largest absolute Gasteiger partial charge is 0.339 e. The number of aromatic nitrogens is 3. The minimum absolute atomic E-state index is 0.432. The molecular formula is C7H12N4O2. The molecule has 13 heavy (non-hydrogen) atoms. The molecule has 0 saturated carbocycles. The number of anilines is 1. The Hall–Kier alpha value is -1.27. The van der Waals surface area contributed by atoms with Crippen LogP contribution >= 0.6 is 0 Å². The average molecular weight is 184 g/mol. The maximum atomic E-state index is 4.91. The van der Waals surface area contributed by atoms with Crippen LogP contribution in [0.15, 0.2) is 6.33 Å². The molecule has 1 heterocycles. The number of hydrogen-bond donors (Lipinski definition) is 1. The number of hydrogen-bond acceptors (Lipinski definition) is 6. The van der Waals surface area contributed by atoms with E-state index < -0.39 is 6.41 Å². The molecular weight excluding hydrogens is 172 g/mol. The minimum atomic E-state index is -0.540. The second-order valence-corrected chi connectivity index (χ2v) is 2.30. The fourth-order valence-electron chi connectivity index (χ4n) is 0.767. The Labute approximate surface area is 76.3 Å². The molecule has 0 fully saturated rings. The van der Waals surface area contributed by atoms with Gasteiger partial charge in [0.1, 0.15) is 12.2 Å². The van der Waals surface area contributed by atoms with E-state index in [0.717, 1.165) is 0 Å². The van der Waals surface area contributed by atoms with Crippen LogP contribution in [0.1, 0.15) is 5.82 Å². The van der Waals surface area contributed by atoms with Gasteiger partial charge in [-0.15, -0.1) is 0 Å². The van der Waals surface area contributed by atoms with Gasteiger partial charge in [0.15, 0.2) is 0 Å². The number of nitrogens with one attached hydrogen (secondary N) is 1. The summed E-state index contributed by atoms with van der Waals surface area (Å²) in [7, 11) is 3.05. The van der Waals surface area contributed by atoms with Gasteiger partial charge in [0, 0.05) is 14.2 Å². The van der Waals surface area contributed by atoms with Gasteiger partial charge in [-0.2, -0.15) is 4.98 Å². The van der Waals surface area contributed by atoms with Gasteiger partial charge < -0.3 is 14.8 Å². The zero-order valence-electron chi connectivity index (χ0n) is 7.81. The molecule has 0 amide bonds. The molecule has 0 aliphatic heterocycles. The van der Waals surface area contributed by atoms with E-state index in [2.05, 4.69) is 20.3 Å². The summed E-state index contributed by atoms with van der Waals surface area (Å²) in [5.74, 6) is 1.07. The highest BCUT2D eigenvalue weighted by Crippen LogP contribution is 1.99. The molecule has 1 N–H and O–H groups in total. The van der Waals surface area contributed by atoms with Gasteiger partial charge in [-0.1, -0.05) is 0 Å². The van der Waals surface area contributed by atoms with Crippen molar-refractivity contribution in [2.24, 2.45) is 0 Å². The average Bonchev–Trinajstić information content (AvgIpc) is 2.14. The first-order valence-corrected chi connectivity index (χ1v) is 3.74. The molecule has 1 rings (SSSR count). The summed E-state index contributed by atoms with van der Waals surface area (Å²) in [6.07, 6.45) is 0.884. The lowest BCUT2D eigenvalue weighted by Crippen LogP contribution is -2.24. The molecule has 1 aromatic heterocycles. The predicted molar refractivity (Wildman–Crippen MR) is 46.0 cm³/mol. The summed E-state index contributed by atoms with van der Waals surface area (Å²) in [5, 5.41) is 2.81. The van der Waals surface area contributed by atoms with Gasteiger partial charge in [-0.3, -0.25) is 0 Å². The molecule has 0 radical (unpaired) electrons. The van der Waals surface area contributed by atoms with E-state index in [-0.39, 0.29) is 0 Å². The fourth-order valence-corrected chi connectivity index (χ4v) is 0.767. The number of ether oxygens (including phenoxy) is 2. The normalized spacial score (nSPS) is 10.5. The SMILES string of the molecule is COC(Nc1ncnc(C)n1)OC. The maximum Gasteiger partial charge on any atom is 0.239 e. The molecule has 0 saturated heterocycles. The zero-order valence-corrected chi connectivity index (χ0v) is 7.81. The van der Waals surface area contributed by atoms with Gasteiger partial charge in [-0.25, -0.2) is 9.97 Å². The van der Waals surface area contributed by atoms with E-state index in [4.69, 9.17) is 9.47 Å². The summed E-state index contributed by atoms with van der Waals surface area (Å²) >= 11 is 0. The van der Waals surface area contributed by atoms with Gasteiger partial charge in [0.25, 0.3) is 0 Å². The third-order valence-corrected chi connectivity index (χ3v) is 1.37. The third-order valence-electron chi connectivity index (χ3n) is 1.37. The second-order valence-electron chi connectivity index (χ2n) is 2.30. The van der Waals surface area contributed by atoms with Crippen molar-refractivity contribution in [1.29, 1.82) is 0 Å². The Morgan fingerprint density at radius 1 is 1.31 bits per heavy atom. The molecule has 1 aromatic rings. The van der Waals surface area contributed by atoms with Crippen molar-refractivity contribution in [3.05, 3.63) is 12.2 Å². The summed E-state index contributed by atoms with van der Waals surface area (Å²) in [5.41, 5.74) is 0. The molecule has 0 unspecified atom stereocenters. The molecule has 0 aliphatic rings. The lowest BCUT2D eigenvalue weighted by atomic mass is 10.7. The lowest BCUT2D eigenvalue weighted by Gasteiger charge is -2.14. The highest BCUT2D eigenvalue weighted by molar-refractivity contribution is 5.21. The lowest BCUT2D eigenvalue weighted by molar-refractivity contribution is -0.0813. The molecule has 72 valence electrons. The van der Waals surface area contributed by atoms with Gasteiger partial charge >= 0.3 is 0 Å². The first-order valence-electron chi connectivity index (χ1n) is 3.74. The molecule has 0 bridgehead atoms. The Kier molecular flexibility index (Phi) is 3.53. The Bertz CT molecular complexity index is 264. The van der Waals surface area contributed by atoms with E-state index in [1.54, 1.807) is 6.92 Å². The topological polar surface area (TPSA) is 69.2 Å². The molecule has 0 atom stereocenters. The van der Waals surface area contributed by atoms with Crippen LogP contribution in [0.4, 0.5) is 5.95 Å². The monoisotopic (exact) mass is 184 g/mol. The van der Waals surface area contributed by atoms with Crippen LogP contribution in [-0.4, -0.2) is 35.6 Å². The van der Waals surface area contributed by atoms with Crippen LogP contribution < -0.4 is 5.32 Å². The standard InChI is InChI=1S/C7H12N4O2/c1-5-8-4-9-6(10-5)11-7(12-2)13-3/h4,7H,1-3H3,(H,8,9,10,11). The highest BCUT2D eigenvalue weighted by atomic mass is 16.7. The number of nitrogens with zero attached hydrogens (tertiary/aromatic N) is 3. The van der Waals surface area contributed by atoms with Crippen molar-refractivity contribution >= 4 is 5.95 Å². The summed E-state index contributed by atoms with van der Waals surface area (Å²) in [4.78, 5) is 11.8. The molecule has 6 nitrogen and oxygen atoms in total. The van der Waals surface area contributed by atoms with Crippen molar-refractivity contribution in [3.63, 3.8) is 0 Å². The molecule has 6 heteroatoms. The van der Waals surface area contributed by atoms with Crippen LogP contribution in [-0.2, 0) is 9.47 Å². The van der Waals surface area contributed by atoms with Crippen LogP contribution in [0.2, 0.25) is 0 Å². The summed E-state index contributed by atoms with van der Waals surface area (Å²) in [6.45, 7) is 1.78. The van der Waals surface area contributed by atoms with Gasteiger partial charge in [0.05, 0.1) is 0 Å². The zero-order chi connectivity index (χ0) is 9.68. The molecule has 0 spiro atoms. The summed E-state index contributed by atoms with van der Waals surface area (Å²) < 4.78 is 9.82. The highest BCUT2D eigenvalue weighted by Gasteiger charge is 2.05. The molecule has 0 aliphatic carbocycles. The van der Waals surface area contributed by atoms with E-state index in [1.165, 1.54) is 20.5 Å². The fraction of sp³-hybridized carbons (Fsp3) is 0.571.